The Morgan fingerprint density at radius 1 is 1.07 bits per heavy atom. The topological polar surface area (TPSA) is 36.4 Å². The van der Waals surface area contributed by atoms with E-state index in [1.54, 1.807) is 23.1 Å². The molecular formula is C23H27N3OS3. The normalized spacial score (nSPS) is 14.4. The highest BCUT2D eigenvalue weighted by atomic mass is 32.2. The monoisotopic (exact) mass is 457 g/mol. The Morgan fingerprint density at radius 2 is 1.87 bits per heavy atom. The molecule has 3 aromatic rings. The quantitative estimate of drug-likeness (QED) is 0.335. The van der Waals surface area contributed by atoms with E-state index in [-0.39, 0.29) is 0 Å². The Kier molecular flexibility index (Phi) is 7.57. The summed E-state index contributed by atoms with van der Waals surface area (Å²) in [5, 5.41) is 1.08. The number of thiazole rings is 1. The van der Waals surface area contributed by atoms with E-state index in [0.29, 0.717) is 12.3 Å². The smallest absolute Gasteiger partial charge is 0.222 e. The van der Waals surface area contributed by atoms with Crippen LogP contribution in [0.2, 0.25) is 0 Å². The first kappa shape index (κ1) is 21.5. The van der Waals surface area contributed by atoms with Gasteiger partial charge in [0.1, 0.15) is 0 Å². The molecule has 0 bridgehead atoms. The standard InChI is InChI=1S/C23H27N3OS3/c1-28-19-9-5-10-20-22(19)24-23(30-20)26-14-12-25(13-15-26)21(27)11-6-16-29-17-18-7-3-2-4-8-18/h2-5,7-10H,6,11-17H2,1H3. The average molecular weight is 458 g/mol. The van der Waals surface area contributed by atoms with Gasteiger partial charge in [-0.05, 0) is 36.1 Å². The zero-order valence-electron chi connectivity index (χ0n) is 17.3. The molecule has 0 aliphatic carbocycles. The third-order valence-corrected chi connectivity index (χ3v) is 8.25. The maximum Gasteiger partial charge on any atom is 0.222 e. The van der Waals surface area contributed by atoms with E-state index in [1.165, 1.54) is 15.2 Å². The number of anilines is 1. The molecule has 30 heavy (non-hydrogen) atoms. The number of hydrogen-bond acceptors (Lipinski definition) is 6. The fourth-order valence-electron chi connectivity index (χ4n) is 3.61. The molecule has 0 spiro atoms. The van der Waals surface area contributed by atoms with Crippen molar-refractivity contribution >= 4 is 56.1 Å². The number of rotatable bonds is 8. The summed E-state index contributed by atoms with van der Waals surface area (Å²) < 4.78 is 1.24. The minimum atomic E-state index is 0.295. The minimum Gasteiger partial charge on any atom is -0.345 e. The second kappa shape index (κ2) is 10.6. The average Bonchev–Trinajstić information content (AvgIpc) is 3.24. The number of benzene rings is 2. The van der Waals surface area contributed by atoms with E-state index >= 15 is 0 Å². The van der Waals surface area contributed by atoms with Crippen LogP contribution < -0.4 is 4.90 Å². The summed E-state index contributed by atoms with van der Waals surface area (Å²) in [5.41, 5.74) is 2.46. The highest BCUT2D eigenvalue weighted by Crippen LogP contribution is 2.34. The van der Waals surface area contributed by atoms with Crippen LogP contribution >= 0.6 is 34.9 Å². The van der Waals surface area contributed by atoms with Crippen molar-refractivity contribution in [3.05, 3.63) is 54.1 Å². The first-order chi connectivity index (χ1) is 14.7. The van der Waals surface area contributed by atoms with Crippen molar-refractivity contribution in [2.24, 2.45) is 0 Å². The van der Waals surface area contributed by atoms with Crippen molar-refractivity contribution in [2.75, 3.05) is 43.1 Å². The lowest BCUT2D eigenvalue weighted by molar-refractivity contribution is -0.131. The Morgan fingerprint density at radius 3 is 2.63 bits per heavy atom. The van der Waals surface area contributed by atoms with Crippen LogP contribution in [0.25, 0.3) is 10.2 Å². The van der Waals surface area contributed by atoms with Gasteiger partial charge in [0.05, 0.1) is 10.2 Å². The van der Waals surface area contributed by atoms with E-state index in [0.717, 1.165) is 54.8 Å². The van der Waals surface area contributed by atoms with Gasteiger partial charge in [-0.1, -0.05) is 47.7 Å². The Labute approximate surface area is 191 Å². The van der Waals surface area contributed by atoms with Crippen LogP contribution in [-0.4, -0.2) is 54.0 Å². The molecule has 0 atom stereocenters. The molecule has 1 aromatic heterocycles. The van der Waals surface area contributed by atoms with Crippen molar-refractivity contribution in [1.29, 1.82) is 0 Å². The van der Waals surface area contributed by atoms with Crippen LogP contribution in [0, 0.1) is 0 Å². The minimum absolute atomic E-state index is 0.295. The number of amides is 1. The summed E-state index contributed by atoms with van der Waals surface area (Å²) in [6, 6.07) is 16.9. The van der Waals surface area contributed by atoms with Gasteiger partial charge in [-0.15, -0.1) is 11.8 Å². The Bertz CT molecular complexity index is 968. The largest absolute Gasteiger partial charge is 0.345 e. The molecule has 4 nitrogen and oxygen atoms in total. The molecule has 1 aliphatic heterocycles. The van der Waals surface area contributed by atoms with Gasteiger partial charge >= 0.3 is 0 Å². The third-order valence-electron chi connectivity index (χ3n) is 5.28. The number of piperazine rings is 1. The fraction of sp³-hybridized carbons (Fsp3) is 0.391. The van der Waals surface area contributed by atoms with E-state index < -0.39 is 0 Å². The van der Waals surface area contributed by atoms with Crippen LogP contribution in [0.4, 0.5) is 5.13 Å². The number of carbonyl (C=O) groups is 1. The molecule has 7 heteroatoms. The number of fused-ring (bicyclic) bond motifs is 1. The first-order valence-electron chi connectivity index (χ1n) is 10.3. The van der Waals surface area contributed by atoms with Gasteiger partial charge in [-0.25, -0.2) is 4.98 Å². The van der Waals surface area contributed by atoms with Gasteiger partial charge in [-0.3, -0.25) is 4.79 Å². The van der Waals surface area contributed by atoms with E-state index in [4.69, 9.17) is 4.98 Å². The van der Waals surface area contributed by atoms with Crippen LogP contribution in [0.15, 0.2) is 53.4 Å². The summed E-state index contributed by atoms with van der Waals surface area (Å²) >= 11 is 5.41. The first-order valence-corrected chi connectivity index (χ1v) is 13.5. The van der Waals surface area contributed by atoms with Crippen LogP contribution in [0.3, 0.4) is 0 Å². The number of carbonyl (C=O) groups excluding carboxylic acids is 1. The van der Waals surface area contributed by atoms with E-state index in [1.807, 2.05) is 22.7 Å². The lowest BCUT2D eigenvalue weighted by atomic mass is 10.2. The highest BCUT2D eigenvalue weighted by molar-refractivity contribution is 7.99. The van der Waals surface area contributed by atoms with Gasteiger partial charge < -0.3 is 9.80 Å². The summed E-state index contributed by atoms with van der Waals surface area (Å²) in [5.74, 6) is 2.35. The fourth-order valence-corrected chi connectivity index (χ4v) is 6.20. The van der Waals surface area contributed by atoms with E-state index in [2.05, 4.69) is 53.6 Å². The molecule has 2 aromatic carbocycles. The molecular weight excluding hydrogens is 430 g/mol. The number of aromatic nitrogens is 1. The zero-order valence-corrected chi connectivity index (χ0v) is 19.7. The molecule has 0 N–H and O–H groups in total. The van der Waals surface area contributed by atoms with Gasteiger partial charge in [0.2, 0.25) is 5.91 Å². The zero-order chi connectivity index (χ0) is 20.8. The van der Waals surface area contributed by atoms with Gasteiger partial charge in [0, 0.05) is 43.2 Å². The third kappa shape index (κ3) is 5.31. The molecule has 1 amide bonds. The SMILES string of the molecule is CSc1cccc2sc(N3CCN(C(=O)CCCSCc4ccccc4)CC3)nc12. The second-order valence-corrected chi connectivity index (χ2v) is 10.3. The molecule has 0 saturated carbocycles. The van der Waals surface area contributed by atoms with Gasteiger partial charge in [0.15, 0.2) is 5.13 Å². The summed E-state index contributed by atoms with van der Waals surface area (Å²) in [6.45, 7) is 3.31. The molecule has 158 valence electrons. The number of nitrogens with zero attached hydrogens (tertiary/aromatic N) is 3. The van der Waals surface area contributed by atoms with Gasteiger partial charge in [0.25, 0.3) is 0 Å². The second-order valence-electron chi connectivity index (χ2n) is 7.31. The van der Waals surface area contributed by atoms with Crippen LogP contribution in [-0.2, 0) is 10.5 Å². The van der Waals surface area contributed by atoms with Crippen molar-refractivity contribution < 1.29 is 4.79 Å². The number of thioether (sulfide) groups is 2. The van der Waals surface area contributed by atoms with Crippen LogP contribution in [0.5, 0.6) is 0 Å². The predicted molar refractivity (Wildman–Crippen MR) is 132 cm³/mol. The van der Waals surface area contributed by atoms with Gasteiger partial charge in [-0.2, -0.15) is 11.8 Å². The lowest BCUT2D eigenvalue weighted by Crippen LogP contribution is -2.48. The predicted octanol–water partition coefficient (Wildman–Crippen LogP) is 5.38. The molecule has 0 unspecified atom stereocenters. The summed E-state index contributed by atoms with van der Waals surface area (Å²) in [7, 11) is 0. The maximum absolute atomic E-state index is 12.6. The van der Waals surface area contributed by atoms with Crippen molar-refractivity contribution in [3.8, 4) is 0 Å². The molecule has 0 radical (unpaired) electrons. The van der Waals surface area contributed by atoms with Crippen LogP contribution in [0.1, 0.15) is 18.4 Å². The summed E-state index contributed by atoms with van der Waals surface area (Å²) in [4.78, 5) is 23.1. The number of para-hydroxylation sites is 1. The number of hydrogen-bond donors (Lipinski definition) is 0. The molecule has 1 fully saturated rings. The lowest BCUT2D eigenvalue weighted by Gasteiger charge is -2.34. The molecule has 2 heterocycles. The van der Waals surface area contributed by atoms with E-state index in [9.17, 15) is 4.79 Å². The highest BCUT2D eigenvalue weighted by Gasteiger charge is 2.23. The maximum atomic E-state index is 12.6. The Hall–Kier alpha value is -1.70. The summed E-state index contributed by atoms with van der Waals surface area (Å²) in [6.07, 6.45) is 3.70. The van der Waals surface area contributed by atoms with Crippen molar-refractivity contribution in [2.45, 2.75) is 23.5 Å². The van der Waals surface area contributed by atoms with Crippen molar-refractivity contribution in [3.63, 3.8) is 0 Å². The molecule has 1 saturated heterocycles. The molecule has 1 aliphatic rings. The Balaban J connectivity index is 1.21. The van der Waals surface area contributed by atoms with Crippen molar-refractivity contribution in [1.82, 2.24) is 9.88 Å². The molecule has 4 rings (SSSR count).